The van der Waals surface area contributed by atoms with Gasteiger partial charge in [-0.15, -0.1) is 0 Å². The highest BCUT2D eigenvalue weighted by Crippen LogP contribution is 2.40. The predicted octanol–water partition coefficient (Wildman–Crippen LogP) is 12.3. The highest BCUT2D eigenvalue weighted by molar-refractivity contribution is 6.10. The Morgan fingerprint density at radius 1 is 0.490 bits per heavy atom. The van der Waals surface area contributed by atoms with E-state index in [-0.39, 0.29) is 0 Å². The zero-order chi connectivity index (χ0) is 34.3. The van der Waals surface area contributed by atoms with Gasteiger partial charge in [-0.25, -0.2) is 0 Å². The van der Waals surface area contributed by atoms with Crippen LogP contribution in [0.15, 0.2) is 174 Å². The molecule has 5 heteroatoms. The van der Waals surface area contributed by atoms with Crippen molar-refractivity contribution in [1.29, 1.82) is 0 Å². The lowest BCUT2D eigenvalue weighted by atomic mass is 9.93. The van der Waals surface area contributed by atoms with Crippen LogP contribution in [-0.4, -0.2) is 14.7 Å². The number of anilines is 3. The summed E-state index contributed by atoms with van der Waals surface area (Å²) in [6, 6.07) is 59.6. The van der Waals surface area contributed by atoms with Gasteiger partial charge in [-0.2, -0.15) is 4.98 Å². The minimum Gasteiger partial charge on any atom is -0.334 e. The molecule has 2 aromatic heterocycles. The van der Waals surface area contributed by atoms with E-state index in [0.29, 0.717) is 11.7 Å². The molecule has 0 aliphatic rings. The van der Waals surface area contributed by atoms with Gasteiger partial charge in [0.1, 0.15) is 0 Å². The Bertz CT molecular complexity index is 2600. The molecule has 0 N–H and O–H groups in total. The van der Waals surface area contributed by atoms with Crippen molar-refractivity contribution in [2.24, 2.45) is 0 Å². The van der Waals surface area contributed by atoms with Crippen LogP contribution >= 0.6 is 0 Å². The smallest absolute Gasteiger partial charge is 0.258 e. The van der Waals surface area contributed by atoms with Crippen LogP contribution in [0.25, 0.3) is 61.5 Å². The molecule has 0 radical (unpaired) electrons. The molecule has 0 fully saturated rings. The number of benzene rings is 7. The van der Waals surface area contributed by atoms with Crippen LogP contribution in [-0.2, 0) is 0 Å². The standard InChI is InChI=1S/C46H34N4O/c1-31-32(2)40(45-47-46(51-48-45)34-14-6-3-7-15-34)28-27-39(31)33-22-24-37(25-23-33)50-43-21-13-12-20-41(43)42-30-38(26-29-44(42)50)49(35-16-8-4-9-17-35)36-18-10-5-11-19-36/h3-30H,1-2H3. The molecular weight excluding hydrogens is 625 g/mol. The molecule has 0 aliphatic carbocycles. The van der Waals surface area contributed by atoms with Crippen molar-refractivity contribution in [1.82, 2.24) is 14.7 Å². The van der Waals surface area contributed by atoms with Crippen molar-refractivity contribution < 1.29 is 4.52 Å². The van der Waals surface area contributed by atoms with Gasteiger partial charge >= 0.3 is 0 Å². The average molecular weight is 659 g/mol. The van der Waals surface area contributed by atoms with Gasteiger partial charge in [-0.05, 0) is 109 Å². The van der Waals surface area contributed by atoms with Gasteiger partial charge in [-0.3, -0.25) is 0 Å². The summed E-state index contributed by atoms with van der Waals surface area (Å²) >= 11 is 0. The fourth-order valence-corrected chi connectivity index (χ4v) is 7.18. The Hall–Kier alpha value is -6.72. The zero-order valence-electron chi connectivity index (χ0n) is 28.4. The maximum absolute atomic E-state index is 5.62. The number of hydrogen-bond donors (Lipinski definition) is 0. The fourth-order valence-electron chi connectivity index (χ4n) is 7.18. The third-order valence-corrected chi connectivity index (χ3v) is 9.85. The van der Waals surface area contributed by atoms with Gasteiger partial charge in [0.15, 0.2) is 0 Å². The molecule has 51 heavy (non-hydrogen) atoms. The van der Waals surface area contributed by atoms with Crippen LogP contribution in [0.4, 0.5) is 17.1 Å². The van der Waals surface area contributed by atoms with E-state index in [1.807, 2.05) is 30.3 Å². The Morgan fingerprint density at radius 3 is 1.78 bits per heavy atom. The van der Waals surface area contributed by atoms with Crippen LogP contribution in [0.5, 0.6) is 0 Å². The number of fused-ring (bicyclic) bond motifs is 3. The van der Waals surface area contributed by atoms with Crippen molar-refractivity contribution in [3.63, 3.8) is 0 Å². The van der Waals surface area contributed by atoms with Gasteiger partial charge in [0.2, 0.25) is 5.82 Å². The first-order valence-corrected chi connectivity index (χ1v) is 17.2. The summed E-state index contributed by atoms with van der Waals surface area (Å²) in [5, 5.41) is 6.74. The molecule has 0 saturated carbocycles. The van der Waals surface area contributed by atoms with Crippen LogP contribution in [0.1, 0.15) is 11.1 Å². The summed E-state index contributed by atoms with van der Waals surface area (Å²) in [6.07, 6.45) is 0. The molecule has 9 rings (SSSR count). The van der Waals surface area contributed by atoms with Crippen molar-refractivity contribution in [2.75, 3.05) is 4.90 Å². The lowest BCUT2D eigenvalue weighted by molar-refractivity contribution is 0.432. The zero-order valence-corrected chi connectivity index (χ0v) is 28.4. The average Bonchev–Trinajstić information content (AvgIpc) is 3.81. The number of para-hydroxylation sites is 3. The van der Waals surface area contributed by atoms with Crippen LogP contribution < -0.4 is 4.90 Å². The number of rotatable bonds is 7. The van der Waals surface area contributed by atoms with Crippen LogP contribution in [0.2, 0.25) is 0 Å². The summed E-state index contributed by atoms with van der Waals surface area (Å²) in [5.74, 6) is 1.12. The topological polar surface area (TPSA) is 47.1 Å². The Morgan fingerprint density at radius 2 is 1.08 bits per heavy atom. The first-order chi connectivity index (χ1) is 25.1. The van der Waals surface area contributed by atoms with E-state index in [9.17, 15) is 0 Å². The van der Waals surface area contributed by atoms with Gasteiger partial charge < -0.3 is 14.0 Å². The van der Waals surface area contributed by atoms with E-state index < -0.39 is 0 Å². The Kier molecular flexibility index (Phi) is 7.51. The quantitative estimate of drug-likeness (QED) is 0.171. The number of nitrogens with zero attached hydrogens (tertiary/aromatic N) is 4. The maximum Gasteiger partial charge on any atom is 0.258 e. The number of aromatic nitrogens is 3. The summed E-state index contributed by atoms with van der Waals surface area (Å²) in [5.41, 5.74) is 13.4. The summed E-state index contributed by atoms with van der Waals surface area (Å²) in [6.45, 7) is 4.29. The van der Waals surface area contributed by atoms with E-state index in [1.165, 1.54) is 32.9 Å². The summed E-state index contributed by atoms with van der Waals surface area (Å²) in [4.78, 5) is 7.02. The minimum absolute atomic E-state index is 0.522. The lowest BCUT2D eigenvalue weighted by Gasteiger charge is -2.25. The highest BCUT2D eigenvalue weighted by Gasteiger charge is 2.19. The van der Waals surface area contributed by atoms with E-state index in [0.717, 1.165) is 45.0 Å². The first kappa shape index (κ1) is 30.3. The second-order valence-corrected chi connectivity index (χ2v) is 12.8. The van der Waals surface area contributed by atoms with Gasteiger partial charge in [-0.1, -0.05) is 102 Å². The summed E-state index contributed by atoms with van der Waals surface area (Å²) in [7, 11) is 0. The lowest BCUT2D eigenvalue weighted by Crippen LogP contribution is -2.09. The third-order valence-electron chi connectivity index (χ3n) is 9.85. The molecule has 0 bridgehead atoms. The second-order valence-electron chi connectivity index (χ2n) is 12.8. The minimum atomic E-state index is 0.522. The molecule has 7 aromatic carbocycles. The van der Waals surface area contributed by atoms with E-state index in [2.05, 4.69) is 168 Å². The molecule has 0 aliphatic heterocycles. The van der Waals surface area contributed by atoms with Gasteiger partial charge in [0.25, 0.3) is 5.89 Å². The van der Waals surface area contributed by atoms with Crippen molar-refractivity contribution >= 4 is 38.9 Å². The van der Waals surface area contributed by atoms with Crippen molar-refractivity contribution in [3.8, 4) is 39.7 Å². The Balaban J connectivity index is 1.09. The number of hydrogen-bond acceptors (Lipinski definition) is 4. The SMILES string of the molecule is Cc1c(-c2ccc(-n3c4ccccc4c4cc(N(c5ccccc5)c5ccccc5)ccc43)cc2)ccc(-c2noc(-c3ccccc3)n2)c1C. The first-order valence-electron chi connectivity index (χ1n) is 17.2. The normalized spacial score (nSPS) is 11.3. The highest BCUT2D eigenvalue weighted by atomic mass is 16.5. The monoisotopic (exact) mass is 658 g/mol. The van der Waals surface area contributed by atoms with Gasteiger partial charge in [0.05, 0.1) is 11.0 Å². The Labute approximate surface area is 296 Å². The molecule has 244 valence electrons. The molecule has 0 unspecified atom stereocenters. The molecule has 5 nitrogen and oxygen atoms in total. The maximum atomic E-state index is 5.62. The molecule has 9 aromatic rings. The van der Waals surface area contributed by atoms with E-state index in [4.69, 9.17) is 9.51 Å². The largest absolute Gasteiger partial charge is 0.334 e. The second kappa shape index (κ2) is 12.6. The molecule has 0 amide bonds. The van der Waals surface area contributed by atoms with E-state index >= 15 is 0 Å². The molecule has 2 heterocycles. The van der Waals surface area contributed by atoms with Gasteiger partial charge in [0, 0.05) is 44.6 Å². The van der Waals surface area contributed by atoms with Crippen LogP contribution in [0.3, 0.4) is 0 Å². The molecular formula is C46H34N4O. The fraction of sp³-hybridized carbons (Fsp3) is 0.0435. The van der Waals surface area contributed by atoms with Crippen molar-refractivity contribution in [3.05, 3.63) is 181 Å². The molecule has 0 saturated heterocycles. The van der Waals surface area contributed by atoms with Crippen molar-refractivity contribution in [2.45, 2.75) is 13.8 Å². The molecule has 0 spiro atoms. The third kappa shape index (κ3) is 5.36. The predicted molar refractivity (Wildman–Crippen MR) is 209 cm³/mol. The summed E-state index contributed by atoms with van der Waals surface area (Å²) < 4.78 is 7.99. The van der Waals surface area contributed by atoms with E-state index in [1.54, 1.807) is 0 Å². The molecule has 0 atom stereocenters. The van der Waals surface area contributed by atoms with Crippen LogP contribution in [0, 0.1) is 13.8 Å².